The van der Waals surface area contributed by atoms with E-state index in [2.05, 4.69) is 274 Å². The highest BCUT2D eigenvalue weighted by Crippen LogP contribution is 2.48. The molecule has 7 aromatic carbocycles. The molecule has 0 unspecified atom stereocenters. The minimum atomic E-state index is -0.249. The Labute approximate surface area is 422 Å². The van der Waals surface area contributed by atoms with Crippen LogP contribution in [0.4, 0.5) is 22.7 Å². The molecule has 0 radical (unpaired) electrons. The first-order valence-electron chi connectivity index (χ1n) is 25.4. The van der Waals surface area contributed by atoms with Gasteiger partial charge in [0.2, 0.25) is 0 Å². The normalized spacial score (nSPS) is 13.6. The zero-order valence-electron chi connectivity index (χ0n) is 44.1. The average molecular weight is 935 g/mol. The van der Waals surface area contributed by atoms with Crippen molar-refractivity contribution in [3.05, 3.63) is 215 Å². The van der Waals surface area contributed by atoms with E-state index in [9.17, 15) is 0 Å². The molecule has 1 aliphatic rings. The number of anilines is 4. The summed E-state index contributed by atoms with van der Waals surface area (Å²) in [6.07, 6.45) is 1.97. The molecule has 5 nitrogen and oxygen atoms in total. The van der Waals surface area contributed by atoms with Gasteiger partial charge in [0, 0.05) is 51.3 Å². The molecule has 5 heteroatoms. The Hall–Kier alpha value is -7.11. The summed E-state index contributed by atoms with van der Waals surface area (Å²) in [5.41, 5.74) is 15.1. The first-order valence-corrected chi connectivity index (χ1v) is 25.4. The maximum absolute atomic E-state index is 7.11. The monoisotopic (exact) mass is 935 g/mol. The lowest BCUT2D eigenvalue weighted by molar-refractivity contribution is 0.479. The molecule has 0 saturated heterocycles. The Balaban J connectivity index is 1.09. The lowest BCUT2D eigenvalue weighted by Gasteiger charge is -2.29. The average Bonchev–Trinajstić information content (AvgIpc) is 3.89. The predicted molar refractivity (Wildman–Crippen MR) is 300 cm³/mol. The van der Waals surface area contributed by atoms with Crippen molar-refractivity contribution in [3.8, 4) is 17.3 Å². The molecule has 0 aliphatic carbocycles. The van der Waals surface area contributed by atoms with Crippen molar-refractivity contribution in [2.75, 3.05) is 16.5 Å². The Kier molecular flexibility index (Phi) is 11.6. The van der Waals surface area contributed by atoms with Crippen LogP contribution in [0.3, 0.4) is 0 Å². The molecule has 0 atom stereocenters. The van der Waals surface area contributed by atoms with Crippen molar-refractivity contribution in [1.82, 2.24) is 9.55 Å². The van der Waals surface area contributed by atoms with Gasteiger partial charge >= 0.3 is 0 Å². The standard InChI is InChI=1S/C66H70N4O/c1-62(2,3)48-34-49(63(4,5)6)36-51(35-48)68-43-69(58-27-21-20-26-57(58)68)52-37-50(64(7,8)9)38-54(41-52)71-53-29-31-56-55-30-28-46(65(10,11)44-22-16-14-17-23-44)39-59(55)70(60(56)42-53)61-40-47(32-33-67-61)66(12,13)45-24-18-15-19-25-45/h14-42H,43H2,1-13H3. The molecule has 360 valence electrons. The van der Waals surface area contributed by atoms with Crippen LogP contribution >= 0.6 is 0 Å². The van der Waals surface area contributed by atoms with Crippen LogP contribution in [-0.2, 0) is 27.1 Å². The second kappa shape index (κ2) is 17.3. The number of aromatic nitrogens is 2. The van der Waals surface area contributed by atoms with E-state index in [0.29, 0.717) is 6.67 Å². The summed E-state index contributed by atoms with van der Waals surface area (Å²) in [5, 5.41) is 2.32. The summed E-state index contributed by atoms with van der Waals surface area (Å²) < 4.78 is 9.46. The molecule has 3 heterocycles. The van der Waals surface area contributed by atoms with Gasteiger partial charge in [-0.15, -0.1) is 0 Å². The molecular weight excluding hydrogens is 865 g/mol. The number of hydrogen-bond donors (Lipinski definition) is 0. The lowest BCUT2D eigenvalue weighted by atomic mass is 9.78. The van der Waals surface area contributed by atoms with Gasteiger partial charge in [-0.1, -0.05) is 181 Å². The quantitative estimate of drug-likeness (QED) is 0.144. The molecule has 0 amide bonds. The molecule has 0 bridgehead atoms. The number of rotatable bonds is 9. The van der Waals surface area contributed by atoms with Crippen LogP contribution in [0.2, 0.25) is 0 Å². The van der Waals surface area contributed by atoms with Crippen LogP contribution in [0.5, 0.6) is 11.5 Å². The fourth-order valence-corrected chi connectivity index (χ4v) is 10.3. The Morgan fingerprint density at radius 1 is 0.380 bits per heavy atom. The van der Waals surface area contributed by atoms with E-state index in [4.69, 9.17) is 9.72 Å². The molecule has 10 rings (SSSR count). The number of benzene rings is 7. The third-order valence-electron chi connectivity index (χ3n) is 15.2. The molecule has 71 heavy (non-hydrogen) atoms. The van der Waals surface area contributed by atoms with Crippen LogP contribution in [0.15, 0.2) is 176 Å². The largest absolute Gasteiger partial charge is 0.457 e. The van der Waals surface area contributed by atoms with E-state index < -0.39 is 0 Å². The lowest BCUT2D eigenvalue weighted by Crippen LogP contribution is -2.26. The second-order valence-corrected chi connectivity index (χ2v) is 24.0. The van der Waals surface area contributed by atoms with Crippen molar-refractivity contribution in [2.24, 2.45) is 0 Å². The summed E-state index contributed by atoms with van der Waals surface area (Å²) in [4.78, 5) is 10.1. The van der Waals surface area contributed by atoms with Crippen molar-refractivity contribution in [3.63, 3.8) is 0 Å². The zero-order valence-corrected chi connectivity index (χ0v) is 44.1. The highest BCUT2D eigenvalue weighted by Gasteiger charge is 2.32. The van der Waals surface area contributed by atoms with E-state index in [1.165, 1.54) is 61.4 Å². The van der Waals surface area contributed by atoms with Gasteiger partial charge in [0.1, 0.15) is 24.0 Å². The van der Waals surface area contributed by atoms with E-state index in [-0.39, 0.29) is 27.1 Å². The number of pyridine rings is 1. The smallest absolute Gasteiger partial charge is 0.137 e. The summed E-state index contributed by atoms with van der Waals surface area (Å²) in [7, 11) is 0. The van der Waals surface area contributed by atoms with Gasteiger partial charge in [0.15, 0.2) is 0 Å². The van der Waals surface area contributed by atoms with Gasteiger partial charge in [0.25, 0.3) is 0 Å². The molecular formula is C66H70N4O. The van der Waals surface area contributed by atoms with Gasteiger partial charge in [-0.3, -0.25) is 4.57 Å². The first-order chi connectivity index (χ1) is 33.6. The van der Waals surface area contributed by atoms with Crippen molar-refractivity contribution < 1.29 is 4.74 Å². The van der Waals surface area contributed by atoms with E-state index in [0.717, 1.165) is 39.4 Å². The number of ether oxygens (including phenoxy) is 1. The maximum atomic E-state index is 7.11. The molecule has 9 aromatic rings. The Morgan fingerprint density at radius 3 is 1.38 bits per heavy atom. The van der Waals surface area contributed by atoms with Crippen molar-refractivity contribution >= 4 is 44.6 Å². The minimum absolute atomic E-state index is 0.00164. The summed E-state index contributed by atoms with van der Waals surface area (Å²) >= 11 is 0. The summed E-state index contributed by atoms with van der Waals surface area (Å²) in [6.45, 7) is 30.6. The third-order valence-corrected chi connectivity index (χ3v) is 15.2. The van der Waals surface area contributed by atoms with Gasteiger partial charge in [-0.05, 0) is 122 Å². The highest BCUT2D eigenvalue weighted by atomic mass is 16.5. The fraction of sp³-hybridized carbons (Fsp3) is 0.288. The molecule has 0 N–H and O–H groups in total. The summed E-state index contributed by atoms with van der Waals surface area (Å²) in [5.74, 6) is 2.43. The highest BCUT2D eigenvalue weighted by molar-refractivity contribution is 6.09. The van der Waals surface area contributed by atoms with Gasteiger partial charge in [-0.25, -0.2) is 4.98 Å². The Bertz CT molecular complexity index is 3400. The second-order valence-electron chi connectivity index (χ2n) is 24.0. The van der Waals surface area contributed by atoms with E-state index >= 15 is 0 Å². The van der Waals surface area contributed by atoms with Crippen LogP contribution in [0.1, 0.15) is 129 Å². The predicted octanol–water partition coefficient (Wildman–Crippen LogP) is 17.8. The van der Waals surface area contributed by atoms with Crippen molar-refractivity contribution in [2.45, 2.75) is 117 Å². The van der Waals surface area contributed by atoms with Crippen LogP contribution in [0, 0.1) is 0 Å². The van der Waals surface area contributed by atoms with Gasteiger partial charge in [0.05, 0.1) is 22.4 Å². The number of fused-ring (bicyclic) bond motifs is 4. The van der Waals surface area contributed by atoms with Crippen LogP contribution in [-0.4, -0.2) is 16.2 Å². The summed E-state index contributed by atoms with van der Waals surface area (Å²) in [6, 6.07) is 62.3. The van der Waals surface area contributed by atoms with E-state index in [1.807, 2.05) is 6.20 Å². The van der Waals surface area contributed by atoms with Crippen LogP contribution < -0.4 is 14.5 Å². The van der Waals surface area contributed by atoms with Crippen LogP contribution in [0.25, 0.3) is 27.6 Å². The van der Waals surface area contributed by atoms with E-state index in [1.54, 1.807) is 0 Å². The molecule has 2 aromatic heterocycles. The molecule has 0 spiro atoms. The topological polar surface area (TPSA) is 33.5 Å². The maximum Gasteiger partial charge on any atom is 0.137 e. The van der Waals surface area contributed by atoms with Gasteiger partial charge < -0.3 is 14.5 Å². The Morgan fingerprint density at radius 2 is 0.845 bits per heavy atom. The number of hydrogen-bond acceptors (Lipinski definition) is 4. The number of nitrogens with zero attached hydrogens (tertiary/aromatic N) is 4. The first kappa shape index (κ1) is 47.6. The zero-order chi connectivity index (χ0) is 50.3. The molecule has 0 fully saturated rings. The molecule has 0 saturated carbocycles. The SMILES string of the molecule is CC(C)(C)c1cc(Oc2ccc3c4ccc(C(C)(C)c5ccccc5)cc4n(-c4cc(C(C)(C)c5ccccc5)ccn4)c3c2)cc(N2CN(c3cc(C(C)(C)C)cc(C(C)(C)C)c3)c3ccccc32)c1. The fourth-order valence-electron chi connectivity index (χ4n) is 10.3. The third kappa shape index (κ3) is 8.90. The molecule has 1 aliphatic heterocycles. The van der Waals surface area contributed by atoms with Crippen molar-refractivity contribution in [1.29, 1.82) is 0 Å². The van der Waals surface area contributed by atoms with Gasteiger partial charge in [-0.2, -0.15) is 0 Å². The minimum Gasteiger partial charge on any atom is -0.457 e. The number of para-hydroxylation sites is 2.